The van der Waals surface area contributed by atoms with Gasteiger partial charge in [0.1, 0.15) is 0 Å². The minimum atomic E-state index is -3.49. The molecule has 0 radical (unpaired) electrons. The molecule has 1 aliphatic rings. The van der Waals surface area contributed by atoms with Crippen LogP contribution < -0.4 is 4.72 Å². The third-order valence-electron chi connectivity index (χ3n) is 4.18. The van der Waals surface area contributed by atoms with Crippen molar-refractivity contribution in [2.45, 2.75) is 18.2 Å². The standard InChI is InChI=1S/C16H20N2O5S/c1-16(15(20)21)9-10-18(11-16)14(19)8-5-12-3-6-13(7-4-12)24(22,23)17-2/h3-8,17H,9-11H2,1-2H3,(H,20,21)/b8-5+. The van der Waals surface area contributed by atoms with Crippen LogP contribution in [0, 0.1) is 5.41 Å². The second-order valence-corrected chi connectivity index (χ2v) is 7.87. The number of likely N-dealkylation sites (tertiary alicyclic amines) is 1. The van der Waals surface area contributed by atoms with Gasteiger partial charge in [-0.2, -0.15) is 0 Å². The summed E-state index contributed by atoms with van der Waals surface area (Å²) in [5.41, 5.74) is -0.217. The molecule has 1 aromatic carbocycles. The van der Waals surface area contributed by atoms with E-state index in [1.807, 2.05) is 0 Å². The average Bonchev–Trinajstić information content (AvgIpc) is 2.97. The van der Waals surface area contributed by atoms with Crippen LogP contribution in [-0.4, -0.2) is 50.4 Å². The van der Waals surface area contributed by atoms with Crippen molar-refractivity contribution in [2.24, 2.45) is 5.41 Å². The number of benzene rings is 1. The summed E-state index contributed by atoms with van der Waals surface area (Å²) in [7, 11) is -2.15. The number of carboxylic acid groups (broad SMARTS) is 1. The average molecular weight is 352 g/mol. The second kappa shape index (κ2) is 6.74. The highest BCUT2D eigenvalue weighted by Crippen LogP contribution is 2.30. The van der Waals surface area contributed by atoms with Crippen LogP contribution in [-0.2, 0) is 19.6 Å². The number of hydrogen-bond acceptors (Lipinski definition) is 4. The largest absolute Gasteiger partial charge is 0.481 e. The number of carbonyl (C=O) groups is 2. The van der Waals surface area contributed by atoms with Gasteiger partial charge in [-0.05, 0) is 44.2 Å². The van der Waals surface area contributed by atoms with Gasteiger partial charge in [-0.1, -0.05) is 12.1 Å². The molecule has 2 rings (SSSR count). The monoisotopic (exact) mass is 352 g/mol. The molecule has 0 aliphatic carbocycles. The van der Waals surface area contributed by atoms with E-state index in [0.717, 1.165) is 0 Å². The zero-order valence-corrected chi connectivity index (χ0v) is 14.3. The summed E-state index contributed by atoms with van der Waals surface area (Å²) >= 11 is 0. The lowest BCUT2D eigenvalue weighted by Gasteiger charge is -2.18. The van der Waals surface area contributed by atoms with Crippen LogP contribution in [0.1, 0.15) is 18.9 Å². The molecule has 24 heavy (non-hydrogen) atoms. The van der Waals surface area contributed by atoms with E-state index in [-0.39, 0.29) is 17.3 Å². The maximum absolute atomic E-state index is 12.1. The van der Waals surface area contributed by atoms with E-state index in [1.165, 1.54) is 30.2 Å². The van der Waals surface area contributed by atoms with E-state index in [4.69, 9.17) is 0 Å². The summed E-state index contributed by atoms with van der Waals surface area (Å²) in [6.45, 7) is 2.23. The van der Waals surface area contributed by atoms with Crippen molar-refractivity contribution in [1.82, 2.24) is 9.62 Å². The Kier molecular flexibility index (Phi) is 5.10. The Hall–Kier alpha value is -2.19. The first-order chi connectivity index (χ1) is 11.2. The van der Waals surface area contributed by atoms with Crippen molar-refractivity contribution >= 4 is 28.0 Å². The van der Waals surface area contributed by atoms with Gasteiger partial charge in [0.25, 0.3) is 0 Å². The van der Waals surface area contributed by atoms with Gasteiger partial charge in [0, 0.05) is 19.2 Å². The molecule has 0 bridgehead atoms. The summed E-state index contributed by atoms with van der Waals surface area (Å²) in [6, 6.07) is 6.10. The van der Waals surface area contributed by atoms with Crippen molar-refractivity contribution in [1.29, 1.82) is 0 Å². The molecule has 1 saturated heterocycles. The number of sulfonamides is 1. The van der Waals surface area contributed by atoms with Crippen LogP contribution in [0.4, 0.5) is 0 Å². The highest BCUT2D eigenvalue weighted by Gasteiger charge is 2.41. The maximum Gasteiger partial charge on any atom is 0.311 e. The number of aliphatic carboxylic acids is 1. The van der Waals surface area contributed by atoms with E-state index in [9.17, 15) is 23.1 Å². The summed E-state index contributed by atoms with van der Waals surface area (Å²) < 4.78 is 25.5. The predicted octanol–water partition coefficient (Wildman–Crippen LogP) is 0.931. The van der Waals surface area contributed by atoms with Crippen LogP contribution >= 0.6 is 0 Å². The first kappa shape index (κ1) is 18.2. The molecule has 130 valence electrons. The Labute approximate surface area is 141 Å². The van der Waals surface area contributed by atoms with Gasteiger partial charge in [-0.3, -0.25) is 9.59 Å². The Balaban J connectivity index is 2.04. The van der Waals surface area contributed by atoms with Crippen LogP contribution in [0.5, 0.6) is 0 Å². The zero-order chi connectivity index (χ0) is 18.0. The fraction of sp³-hybridized carbons (Fsp3) is 0.375. The Morgan fingerprint density at radius 2 is 1.92 bits per heavy atom. The molecular weight excluding hydrogens is 332 g/mol. The summed E-state index contributed by atoms with van der Waals surface area (Å²) in [4.78, 5) is 25.0. The van der Waals surface area contributed by atoms with Crippen molar-refractivity contribution in [3.8, 4) is 0 Å². The molecule has 8 heteroatoms. The smallest absolute Gasteiger partial charge is 0.311 e. The van der Waals surface area contributed by atoms with Gasteiger partial charge in [-0.25, -0.2) is 13.1 Å². The van der Waals surface area contributed by atoms with Crippen molar-refractivity contribution in [3.63, 3.8) is 0 Å². The number of nitrogens with zero attached hydrogens (tertiary/aromatic N) is 1. The topological polar surface area (TPSA) is 104 Å². The molecule has 1 unspecified atom stereocenters. The third-order valence-corrected chi connectivity index (χ3v) is 5.61. The Morgan fingerprint density at radius 1 is 1.29 bits per heavy atom. The lowest BCUT2D eigenvalue weighted by atomic mass is 9.90. The van der Waals surface area contributed by atoms with E-state index in [2.05, 4.69) is 4.72 Å². The van der Waals surface area contributed by atoms with Gasteiger partial charge in [-0.15, -0.1) is 0 Å². The maximum atomic E-state index is 12.1. The van der Waals surface area contributed by atoms with Crippen LogP contribution in [0.25, 0.3) is 6.08 Å². The summed E-state index contributed by atoms with van der Waals surface area (Å²) in [6.07, 6.45) is 3.38. The minimum absolute atomic E-state index is 0.144. The van der Waals surface area contributed by atoms with E-state index >= 15 is 0 Å². The highest BCUT2D eigenvalue weighted by atomic mass is 32.2. The Bertz CT molecular complexity index is 770. The van der Waals surface area contributed by atoms with Gasteiger partial charge in [0.05, 0.1) is 10.3 Å². The molecule has 1 fully saturated rings. The number of carbonyl (C=O) groups excluding carboxylic acids is 1. The molecule has 1 aromatic rings. The minimum Gasteiger partial charge on any atom is -0.481 e. The number of nitrogens with one attached hydrogen (secondary N) is 1. The molecular formula is C16H20N2O5S. The van der Waals surface area contributed by atoms with E-state index < -0.39 is 21.4 Å². The molecule has 1 atom stereocenters. The zero-order valence-electron chi connectivity index (χ0n) is 13.5. The summed E-state index contributed by atoms with van der Waals surface area (Å²) in [5.74, 6) is -1.16. The predicted molar refractivity (Wildman–Crippen MR) is 88.7 cm³/mol. The molecule has 1 heterocycles. The lowest BCUT2D eigenvalue weighted by molar-refractivity contribution is -0.147. The van der Waals surface area contributed by atoms with Crippen LogP contribution in [0.15, 0.2) is 35.2 Å². The van der Waals surface area contributed by atoms with Gasteiger partial charge >= 0.3 is 5.97 Å². The molecule has 1 aliphatic heterocycles. The molecule has 7 nitrogen and oxygen atoms in total. The normalized spacial score (nSPS) is 21.3. The van der Waals surface area contributed by atoms with E-state index in [1.54, 1.807) is 25.1 Å². The number of carboxylic acids is 1. The second-order valence-electron chi connectivity index (χ2n) is 5.99. The van der Waals surface area contributed by atoms with E-state index in [0.29, 0.717) is 18.5 Å². The molecule has 2 N–H and O–H groups in total. The van der Waals surface area contributed by atoms with Crippen molar-refractivity contribution in [2.75, 3.05) is 20.1 Å². The highest BCUT2D eigenvalue weighted by molar-refractivity contribution is 7.89. The van der Waals surface area contributed by atoms with Crippen LogP contribution in [0.3, 0.4) is 0 Å². The summed E-state index contributed by atoms with van der Waals surface area (Å²) in [5, 5.41) is 9.18. The fourth-order valence-corrected chi connectivity index (χ4v) is 3.20. The van der Waals surface area contributed by atoms with Crippen molar-refractivity contribution in [3.05, 3.63) is 35.9 Å². The number of hydrogen-bond donors (Lipinski definition) is 2. The first-order valence-electron chi connectivity index (χ1n) is 7.42. The van der Waals surface area contributed by atoms with Crippen LogP contribution in [0.2, 0.25) is 0 Å². The number of amides is 1. The lowest BCUT2D eigenvalue weighted by Crippen LogP contribution is -2.34. The van der Waals surface area contributed by atoms with Gasteiger partial charge in [0.15, 0.2) is 0 Å². The van der Waals surface area contributed by atoms with Crippen molar-refractivity contribution < 1.29 is 23.1 Å². The molecule has 0 saturated carbocycles. The fourth-order valence-electron chi connectivity index (χ4n) is 2.47. The van der Waals surface area contributed by atoms with Gasteiger partial charge in [0.2, 0.25) is 15.9 Å². The van der Waals surface area contributed by atoms with Gasteiger partial charge < -0.3 is 10.0 Å². The molecule has 0 spiro atoms. The number of rotatable bonds is 5. The molecule has 1 amide bonds. The molecule has 0 aromatic heterocycles. The first-order valence-corrected chi connectivity index (χ1v) is 8.90. The SMILES string of the molecule is CNS(=O)(=O)c1ccc(/C=C/C(=O)N2CCC(C)(C(=O)O)C2)cc1. The quantitative estimate of drug-likeness (QED) is 0.767. The third kappa shape index (κ3) is 3.82. The Morgan fingerprint density at radius 3 is 2.42 bits per heavy atom.